The number of benzene rings is 2. The van der Waals surface area contributed by atoms with Crippen LogP contribution in [0.5, 0.6) is 0 Å². The van der Waals surface area contributed by atoms with Gasteiger partial charge in [0.2, 0.25) is 0 Å². The number of halogens is 2. The molecule has 0 amide bonds. The monoisotopic (exact) mass is 288 g/mol. The van der Waals surface area contributed by atoms with E-state index in [1.165, 1.54) is 19.1 Å². The minimum Gasteiger partial charge on any atom is -0.455 e. The summed E-state index contributed by atoms with van der Waals surface area (Å²) >= 11 is 0. The van der Waals surface area contributed by atoms with Gasteiger partial charge in [-0.3, -0.25) is 0 Å². The molecule has 108 valence electrons. The van der Waals surface area contributed by atoms with E-state index in [0.29, 0.717) is 10.9 Å². The normalized spacial score (nSPS) is 14.3. The summed E-state index contributed by atoms with van der Waals surface area (Å²) in [5.74, 6) is -0.661. The Bertz CT molecular complexity index is 790. The first-order valence-electron chi connectivity index (χ1n) is 6.62. The van der Waals surface area contributed by atoms with Crippen molar-refractivity contribution in [2.24, 2.45) is 0 Å². The van der Waals surface area contributed by atoms with Crippen molar-refractivity contribution >= 4 is 11.0 Å². The van der Waals surface area contributed by atoms with Crippen LogP contribution in [-0.4, -0.2) is 5.11 Å². The molecule has 1 N–H and O–H groups in total. The zero-order valence-electron chi connectivity index (χ0n) is 11.4. The van der Waals surface area contributed by atoms with E-state index in [1.807, 2.05) is 0 Å². The lowest BCUT2D eigenvalue weighted by atomic mass is 9.93. The molecule has 21 heavy (non-hydrogen) atoms. The van der Waals surface area contributed by atoms with Crippen LogP contribution in [0.2, 0.25) is 0 Å². The number of aliphatic hydroxyl groups is 1. The molecular weight excluding hydrogens is 274 g/mol. The summed E-state index contributed by atoms with van der Waals surface area (Å²) in [6.45, 7) is 1.52. The maximum Gasteiger partial charge on any atom is 0.170 e. The molecule has 0 radical (unpaired) electrons. The van der Waals surface area contributed by atoms with E-state index in [4.69, 9.17) is 4.42 Å². The molecule has 0 spiro atoms. The van der Waals surface area contributed by atoms with E-state index in [0.717, 1.165) is 0 Å². The molecule has 0 aliphatic heterocycles. The van der Waals surface area contributed by atoms with Crippen LogP contribution >= 0.6 is 0 Å². The van der Waals surface area contributed by atoms with Crippen molar-refractivity contribution in [2.45, 2.75) is 18.9 Å². The topological polar surface area (TPSA) is 33.4 Å². The van der Waals surface area contributed by atoms with Crippen molar-refractivity contribution in [1.82, 2.24) is 0 Å². The maximum atomic E-state index is 13.7. The Balaban J connectivity index is 2.00. The van der Waals surface area contributed by atoms with Crippen molar-refractivity contribution in [3.63, 3.8) is 0 Å². The minimum atomic E-state index is -1.42. The Kier molecular flexibility index (Phi) is 3.26. The SMILES string of the molecule is CC(O)(Cc1ccccc1F)c1cc2cccc(F)c2o1. The lowest BCUT2D eigenvalue weighted by Gasteiger charge is -2.21. The summed E-state index contributed by atoms with van der Waals surface area (Å²) in [5.41, 5.74) is -0.946. The van der Waals surface area contributed by atoms with Crippen molar-refractivity contribution in [3.8, 4) is 0 Å². The van der Waals surface area contributed by atoms with E-state index in [2.05, 4.69) is 0 Å². The molecule has 1 heterocycles. The molecule has 4 heteroatoms. The third-order valence-corrected chi connectivity index (χ3v) is 3.52. The first kappa shape index (κ1) is 13.8. The number of hydrogen-bond acceptors (Lipinski definition) is 2. The molecule has 3 rings (SSSR count). The van der Waals surface area contributed by atoms with E-state index >= 15 is 0 Å². The van der Waals surface area contributed by atoms with E-state index in [9.17, 15) is 13.9 Å². The van der Waals surface area contributed by atoms with Gasteiger partial charge < -0.3 is 9.52 Å². The van der Waals surface area contributed by atoms with Crippen LogP contribution in [0.3, 0.4) is 0 Å². The zero-order valence-corrected chi connectivity index (χ0v) is 11.4. The second kappa shape index (κ2) is 4.97. The highest BCUT2D eigenvalue weighted by atomic mass is 19.1. The first-order chi connectivity index (χ1) is 9.97. The molecule has 2 aromatic carbocycles. The molecule has 0 fully saturated rings. The Morgan fingerprint density at radius 1 is 1.05 bits per heavy atom. The van der Waals surface area contributed by atoms with Gasteiger partial charge in [0.1, 0.15) is 17.2 Å². The second-order valence-electron chi connectivity index (χ2n) is 5.31. The van der Waals surface area contributed by atoms with Gasteiger partial charge in [0, 0.05) is 11.8 Å². The number of fused-ring (bicyclic) bond motifs is 1. The van der Waals surface area contributed by atoms with E-state index < -0.39 is 11.4 Å². The molecule has 0 bridgehead atoms. The average Bonchev–Trinajstić information content (AvgIpc) is 2.88. The second-order valence-corrected chi connectivity index (χ2v) is 5.31. The van der Waals surface area contributed by atoms with Gasteiger partial charge in [0.05, 0.1) is 0 Å². The largest absolute Gasteiger partial charge is 0.455 e. The molecule has 1 atom stereocenters. The molecule has 2 nitrogen and oxygen atoms in total. The highest BCUT2D eigenvalue weighted by Gasteiger charge is 2.29. The molecule has 0 aliphatic rings. The Morgan fingerprint density at radius 3 is 2.48 bits per heavy atom. The molecule has 0 aliphatic carbocycles. The Hall–Kier alpha value is -2.20. The summed E-state index contributed by atoms with van der Waals surface area (Å²) in [5, 5.41) is 11.1. The first-order valence-corrected chi connectivity index (χ1v) is 6.62. The molecule has 1 aromatic heterocycles. The molecular formula is C17H14F2O2. The van der Waals surface area contributed by atoms with Crippen LogP contribution in [0.25, 0.3) is 11.0 Å². The van der Waals surface area contributed by atoms with Gasteiger partial charge in [-0.15, -0.1) is 0 Å². The fourth-order valence-corrected chi connectivity index (χ4v) is 2.39. The quantitative estimate of drug-likeness (QED) is 0.785. The van der Waals surface area contributed by atoms with Gasteiger partial charge in [0.15, 0.2) is 11.4 Å². The van der Waals surface area contributed by atoms with Crippen LogP contribution in [0.4, 0.5) is 8.78 Å². The van der Waals surface area contributed by atoms with Crippen molar-refractivity contribution < 1.29 is 18.3 Å². The van der Waals surface area contributed by atoms with E-state index in [-0.39, 0.29) is 23.6 Å². The van der Waals surface area contributed by atoms with Crippen molar-refractivity contribution in [1.29, 1.82) is 0 Å². The molecule has 3 aromatic rings. The summed E-state index contributed by atoms with van der Waals surface area (Å²) < 4.78 is 32.8. The average molecular weight is 288 g/mol. The van der Waals surface area contributed by atoms with Gasteiger partial charge in [-0.05, 0) is 30.7 Å². The van der Waals surface area contributed by atoms with E-state index in [1.54, 1.807) is 36.4 Å². The van der Waals surface area contributed by atoms with Crippen molar-refractivity contribution in [3.05, 3.63) is 71.5 Å². The van der Waals surface area contributed by atoms with Gasteiger partial charge >= 0.3 is 0 Å². The molecule has 0 saturated heterocycles. The number of furan rings is 1. The summed E-state index contributed by atoms with van der Waals surface area (Å²) in [6, 6.07) is 12.4. The summed E-state index contributed by atoms with van der Waals surface area (Å²) in [7, 11) is 0. The number of hydrogen-bond donors (Lipinski definition) is 1. The van der Waals surface area contributed by atoms with Crippen molar-refractivity contribution in [2.75, 3.05) is 0 Å². The van der Waals surface area contributed by atoms with Gasteiger partial charge in [-0.2, -0.15) is 0 Å². The Labute approximate surface area is 120 Å². The molecule has 0 saturated carbocycles. The number of rotatable bonds is 3. The van der Waals surface area contributed by atoms with Crippen LogP contribution in [0, 0.1) is 11.6 Å². The van der Waals surface area contributed by atoms with Gasteiger partial charge in [-0.1, -0.05) is 30.3 Å². The van der Waals surface area contributed by atoms with Crippen LogP contribution in [-0.2, 0) is 12.0 Å². The highest BCUT2D eigenvalue weighted by molar-refractivity contribution is 5.78. The Morgan fingerprint density at radius 2 is 1.76 bits per heavy atom. The standard InChI is InChI=1S/C17H14F2O2/c1-17(20,10-12-5-2-3-7-13(12)18)15-9-11-6-4-8-14(19)16(11)21-15/h2-9,20H,10H2,1H3. The smallest absolute Gasteiger partial charge is 0.170 e. The predicted molar refractivity (Wildman–Crippen MR) is 75.8 cm³/mol. The predicted octanol–water partition coefficient (Wildman–Crippen LogP) is 4.16. The lowest BCUT2D eigenvalue weighted by Crippen LogP contribution is -2.24. The minimum absolute atomic E-state index is 0.0428. The maximum absolute atomic E-state index is 13.7. The summed E-state index contributed by atoms with van der Waals surface area (Å²) in [6.07, 6.45) is 0.0428. The third kappa shape index (κ3) is 2.54. The zero-order chi connectivity index (χ0) is 15.0. The van der Waals surface area contributed by atoms with Gasteiger partial charge in [0.25, 0.3) is 0 Å². The summed E-state index contributed by atoms with van der Waals surface area (Å²) in [4.78, 5) is 0. The lowest BCUT2D eigenvalue weighted by molar-refractivity contribution is 0.0350. The van der Waals surface area contributed by atoms with Gasteiger partial charge in [-0.25, -0.2) is 8.78 Å². The number of para-hydroxylation sites is 1. The van der Waals surface area contributed by atoms with Crippen LogP contribution < -0.4 is 0 Å². The third-order valence-electron chi connectivity index (χ3n) is 3.52. The molecule has 1 unspecified atom stereocenters. The fourth-order valence-electron chi connectivity index (χ4n) is 2.39. The highest BCUT2D eigenvalue weighted by Crippen LogP contribution is 2.32. The fraction of sp³-hybridized carbons (Fsp3) is 0.176. The van der Waals surface area contributed by atoms with Crippen LogP contribution in [0.1, 0.15) is 18.2 Å². The van der Waals surface area contributed by atoms with Crippen LogP contribution in [0.15, 0.2) is 52.9 Å².